The van der Waals surface area contributed by atoms with E-state index in [4.69, 9.17) is 0 Å². The van der Waals surface area contributed by atoms with Crippen molar-refractivity contribution in [3.8, 4) is 0 Å². The van der Waals surface area contributed by atoms with E-state index in [1.807, 2.05) is 12.1 Å². The number of halogens is 1. The minimum absolute atomic E-state index is 0. The van der Waals surface area contributed by atoms with Crippen LogP contribution in [0.15, 0.2) is 18.2 Å². The number of hydrogen-bond donors (Lipinski definition) is 3. The number of piperidine rings is 1. The van der Waals surface area contributed by atoms with E-state index in [0.29, 0.717) is 6.04 Å². The molecule has 0 atom stereocenters. The molecule has 96 valence electrons. The first kappa shape index (κ1) is 14.3. The van der Waals surface area contributed by atoms with Crippen LogP contribution >= 0.6 is 12.4 Å². The van der Waals surface area contributed by atoms with Crippen molar-refractivity contribution < 1.29 is 5.11 Å². The van der Waals surface area contributed by atoms with Crippen LogP contribution in [-0.2, 0) is 6.61 Å². The van der Waals surface area contributed by atoms with Crippen LogP contribution in [0.4, 0.5) is 5.69 Å². The Labute approximate surface area is 109 Å². The van der Waals surface area contributed by atoms with Crippen LogP contribution in [0.1, 0.15) is 24.0 Å². The maximum atomic E-state index is 9.32. The number of aliphatic hydroxyl groups excluding tert-OH is 1. The molecule has 1 aromatic carbocycles. The van der Waals surface area contributed by atoms with Gasteiger partial charge in [0.2, 0.25) is 0 Å². The van der Waals surface area contributed by atoms with E-state index in [9.17, 15) is 5.11 Å². The number of rotatable bonds is 3. The molecule has 0 saturated carbocycles. The Bertz CT molecular complexity index is 351. The van der Waals surface area contributed by atoms with Crippen LogP contribution in [-0.4, -0.2) is 24.2 Å². The second kappa shape index (κ2) is 6.84. The predicted octanol–water partition coefficient (Wildman–Crippen LogP) is 2.07. The molecule has 2 rings (SSSR count). The van der Waals surface area contributed by atoms with E-state index in [1.165, 1.54) is 5.56 Å². The molecule has 1 saturated heterocycles. The molecule has 1 fully saturated rings. The zero-order valence-electron chi connectivity index (χ0n) is 10.2. The van der Waals surface area contributed by atoms with Crippen LogP contribution in [0.25, 0.3) is 0 Å². The quantitative estimate of drug-likeness (QED) is 0.776. The Morgan fingerprint density at radius 3 is 2.71 bits per heavy atom. The van der Waals surface area contributed by atoms with Gasteiger partial charge in [-0.3, -0.25) is 0 Å². The lowest BCUT2D eigenvalue weighted by Gasteiger charge is -2.26. The second-order valence-electron chi connectivity index (χ2n) is 4.44. The van der Waals surface area contributed by atoms with Gasteiger partial charge in [-0.2, -0.15) is 0 Å². The lowest BCUT2D eigenvalue weighted by molar-refractivity contribution is 0.282. The molecule has 0 unspecified atom stereocenters. The molecular weight excluding hydrogens is 236 g/mol. The Kier molecular flexibility index (Phi) is 5.75. The van der Waals surface area contributed by atoms with Crippen LogP contribution in [0.3, 0.4) is 0 Å². The third kappa shape index (κ3) is 3.60. The molecule has 0 radical (unpaired) electrons. The first-order valence-corrected chi connectivity index (χ1v) is 5.98. The fourth-order valence-electron chi connectivity index (χ4n) is 2.24. The van der Waals surface area contributed by atoms with Gasteiger partial charge < -0.3 is 15.7 Å². The number of hydrogen-bond acceptors (Lipinski definition) is 3. The summed E-state index contributed by atoms with van der Waals surface area (Å²) in [6.07, 6.45) is 2.30. The van der Waals surface area contributed by atoms with Crippen molar-refractivity contribution in [2.45, 2.75) is 32.4 Å². The third-order valence-corrected chi connectivity index (χ3v) is 3.22. The highest BCUT2D eigenvalue weighted by Gasteiger charge is 2.14. The fraction of sp³-hybridized carbons (Fsp3) is 0.538. The van der Waals surface area contributed by atoms with Crippen molar-refractivity contribution in [3.63, 3.8) is 0 Å². The molecule has 4 heteroatoms. The monoisotopic (exact) mass is 256 g/mol. The van der Waals surface area contributed by atoms with Crippen molar-refractivity contribution in [2.24, 2.45) is 0 Å². The Morgan fingerprint density at radius 2 is 2.06 bits per heavy atom. The maximum absolute atomic E-state index is 9.32. The molecule has 0 aromatic heterocycles. The first-order chi connectivity index (χ1) is 7.81. The molecule has 0 aliphatic carbocycles. The van der Waals surface area contributed by atoms with Crippen molar-refractivity contribution in [1.29, 1.82) is 0 Å². The van der Waals surface area contributed by atoms with Crippen LogP contribution in [0.5, 0.6) is 0 Å². The lowest BCUT2D eigenvalue weighted by atomic mass is 10.0. The highest BCUT2D eigenvalue weighted by molar-refractivity contribution is 5.85. The standard InChI is InChI=1S/C13H20N2O.ClH/c1-10-3-2-4-11(9-16)13(10)15-12-5-7-14-8-6-12;/h2-4,12,14-16H,5-9H2,1H3;1H. The lowest BCUT2D eigenvalue weighted by Crippen LogP contribution is -2.35. The highest BCUT2D eigenvalue weighted by Crippen LogP contribution is 2.23. The number of para-hydroxylation sites is 1. The van der Waals surface area contributed by atoms with Crippen LogP contribution < -0.4 is 10.6 Å². The summed E-state index contributed by atoms with van der Waals surface area (Å²) in [4.78, 5) is 0. The van der Waals surface area contributed by atoms with Crippen LogP contribution in [0, 0.1) is 6.92 Å². The van der Waals surface area contributed by atoms with Gasteiger partial charge in [-0.15, -0.1) is 12.4 Å². The van der Waals surface area contributed by atoms with Gasteiger partial charge in [0.1, 0.15) is 0 Å². The molecular formula is C13H21ClN2O. The molecule has 0 spiro atoms. The molecule has 17 heavy (non-hydrogen) atoms. The van der Waals surface area contributed by atoms with Crippen molar-refractivity contribution in [2.75, 3.05) is 18.4 Å². The predicted molar refractivity (Wildman–Crippen MR) is 73.9 cm³/mol. The van der Waals surface area contributed by atoms with Crippen molar-refractivity contribution >= 4 is 18.1 Å². The number of benzene rings is 1. The van der Waals surface area contributed by atoms with Crippen molar-refractivity contribution in [1.82, 2.24) is 5.32 Å². The van der Waals surface area contributed by atoms with Gasteiger partial charge in [0.05, 0.1) is 6.61 Å². The van der Waals surface area contributed by atoms with E-state index in [0.717, 1.165) is 37.2 Å². The Hall–Kier alpha value is -0.770. The highest BCUT2D eigenvalue weighted by atomic mass is 35.5. The minimum atomic E-state index is 0. The third-order valence-electron chi connectivity index (χ3n) is 3.22. The zero-order chi connectivity index (χ0) is 11.4. The van der Waals surface area contributed by atoms with Crippen LogP contribution in [0.2, 0.25) is 0 Å². The van der Waals surface area contributed by atoms with Crippen molar-refractivity contribution in [3.05, 3.63) is 29.3 Å². The number of nitrogens with one attached hydrogen (secondary N) is 2. The average Bonchev–Trinajstić information content (AvgIpc) is 2.33. The molecule has 1 heterocycles. The summed E-state index contributed by atoms with van der Waals surface area (Å²) >= 11 is 0. The van der Waals surface area contributed by atoms with Gasteiger partial charge in [0.15, 0.2) is 0 Å². The first-order valence-electron chi connectivity index (χ1n) is 5.98. The zero-order valence-corrected chi connectivity index (χ0v) is 11.0. The maximum Gasteiger partial charge on any atom is 0.0702 e. The summed E-state index contributed by atoms with van der Waals surface area (Å²) in [5.74, 6) is 0. The SMILES string of the molecule is Cc1cccc(CO)c1NC1CCNCC1.Cl. The minimum Gasteiger partial charge on any atom is -0.392 e. The van der Waals surface area contributed by atoms with Gasteiger partial charge in [-0.05, 0) is 38.4 Å². The normalized spacial score (nSPS) is 16.4. The number of aryl methyl sites for hydroxylation is 1. The van der Waals surface area contributed by atoms with Gasteiger partial charge in [0, 0.05) is 17.3 Å². The average molecular weight is 257 g/mol. The summed E-state index contributed by atoms with van der Waals surface area (Å²) in [6.45, 7) is 4.35. The molecule has 0 amide bonds. The van der Waals surface area contributed by atoms with E-state index < -0.39 is 0 Å². The topological polar surface area (TPSA) is 44.3 Å². The summed E-state index contributed by atoms with van der Waals surface area (Å²) in [7, 11) is 0. The molecule has 0 bridgehead atoms. The molecule has 3 N–H and O–H groups in total. The van der Waals surface area contributed by atoms with Gasteiger partial charge in [-0.25, -0.2) is 0 Å². The van der Waals surface area contributed by atoms with Gasteiger partial charge in [-0.1, -0.05) is 18.2 Å². The second-order valence-corrected chi connectivity index (χ2v) is 4.44. The van der Waals surface area contributed by atoms with E-state index in [2.05, 4.69) is 23.6 Å². The molecule has 1 aliphatic rings. The van der Waals surface area contributed by atoms with Gasteiger partial charge in [0.25, 0.3) is 0 Å². The Morgan fingerprint density at radius 1 is 1.35 bits per heavy atom. The van der Waals surface area contributed by atoms with E-state index in [1.54, 1.807) is 0 Å². The summed E-state index contributed by atoms with van der Waals surface area (Å²) < 4.78 is 0. The summed E-state index contributed by atoms with van der Waals surface area (Å²) in [5, 5.41) is 16.2. The largest absolute Gasteiger partial charge is 0.392 e. The number of anilines is 1. The molecule has 1 aliphatic heterocycles. The molecule has 3 nitrogen and oxygen atoms in total. The number of aliphatic hydroxyl groups is 1. The summed E-state index contributed by atoms with van der Waals surface area (Å²) in [5.41, 5.74) is 3.33. The van der Waals surface area contributed by atoms with Gasteiger partial charge >= 0.3 is 0 Å². The molecule has 1 aromatic rings. The summed E-state index contributed by atoms with van der Waals surface area (Å²) in [6, 6.07) is 6.60. The fourth-order valence-corrected chi connectivity index (χ4v) is 2.24. The van der Waals surface area contributed by atoms with E-state index >= 15 is 0 Å². The Balaban J connectivity index is 0.00000144. The van der Waals surface area contributed by atoms with E-state index in [-0.39, 0.29) is 19.0 Å². The smallest absolute Gasteiger partial charge is 0.0702 e.